The van der Waals surface area contributed by atoms with E-state index in [2.05, 4.69) is 16.9 Å². The van der Waals surface area contributed by atoms with Crippen molar-refractivity contribution in [1.82, 2.24) is 19.1 Å². The third kappa shape index (κ3) is 2.55. The Morgan fingerprint density at radius 2 is 2.29 bits per heavy atom. The highest BCUT2D eigenvalue weighted by atomic mass is 16.3. The fraction of sp³-hybridized carbons (Fsp3) is 0.500. The molecule has 0 saturated heterocycles. The highest BCUT2D eigenvalue weighted by molar-refractivity contribution is 5.06. The van der Waals surface area contributed by atoms with E-state index in [-0.39, 0.29) is 0 Å². The average molecular weight is 234 g/mol. The van der Waals surface area contributed by atoms with Crippen LogP contribution >= 0.6 is 0 Å². The van der Waals surface area contributed by atoms with Gasteiger partial charge in [0.2, 0.25) is 0 Å². The highest BCUT2D eigenvalue weighted by Gasteiger charge is 2.15. The molecule has 0 bridgehead atoms. The molecule has 2 rings (SSSR count). The second-order valence-electron chi connectivity index (χ2n) is 4.19. The van der Waals surface area contributed by atoms with Gasteiger partial charge in [-0.15, -0.1) is 0 Å². The summed E-state index contributed by atoms with van der Waals surface area (Å²) in [4.78, 5) is 8.30. The Bertz CT molecular complexity index is 474. The third-order valence-electron chi connectivity index (χ3n) is 2.85. The van der Waals surface area contributed by atoms with E-state index in [4.69, 9.17) is 0 Å². The van der Waals surface area contributed by atoms with Crippen molar-refractivity contribution in [2.45, 2.75) is 32.4 Å². The minimum absolute atomic E-state index is 0.513. The molecular formula is C12H18N4O. The van der Waals surface area contributed by atoms with Gasteiger partial charge >= 0.3 is 0 Å². The number of aliphatic hydroxyl groups excluding tert-OH is 1. The van der Waals surface area contributed by atoms with Gasteiger partial charge in [-0.3, -0.25) is 0 Å². The van der Waals surface area contributed by atoms with Crippen LogP contribution in [0.4, 0.5) is 0 Å². The number of hydrogen-bond donors (Lipinski definition) is 1. The summed E-state index contributed by atoms with van der Waals surface area (Å²) in [5, 5.41) is 10.2. The summed E-state index contributed by atoms with van der Waals surface area (Å²) >= 11 is 0. The van der Waals surface area contributed by atoms with E-state index >= 15 is 0 Å². The fourth-order valence-corrected chi connectivity index (χ4v) is 1.91. The predicted octanol–water partition coefficient (Wildman–Crippen LogP) is 1.30. The fourth-order valence-electron chi connectivity index (χ4n) is 1.91. The van der Waals surface area contributed by atoms with Crippen molar-refractivity contribution in [2.75, 3.05) is 0 Å². The van der Waals surface area contributed by atoms with E-state index in [1.807, 2.05) is 22.4 Å². The van der Waals surface area contributed by atoms with Gasteiger partial charge < -0.3 is 14.2 Å². The molecule has 2 heterocycles. The molecule has 2 aromatic rings. The number of rotatable bonds is 5. The first-order chi connectivity index (χ1) is 8.22. The molecule has 0 fully saturated rings. The zero-order valence-corrected chi connectivity index (χ0v) is 10.2. The Kier molecular flexibility index (Phi) is 3.58. The summed E-state index contributed by atoms with van der Waals surface area (Å²) in [5.74, 6) is 0.877. The van der Waals surface area contributed by atoms with Crippen LogP contribution < -0.4 is 0 Å². The summed E-state index contributed by atoms with van der Waals surface area (Å²) in [6.07, 6.45) is 8.10. The van der Waals surface area contributed by atoms with Gasteiger partial charge in [0.05, 0.1) is 18.2 Å². The smallest absolute Gasteiger partial charge is 0.111 e. The maximum atomic E-state index is 10.2. The van der Waals surface area contributed by atoms with Crippen LogP contribution in [0.1, 0.15) is 31.0 Å². The molecule has 0 amide bonds. The van der Waals surface area contributed by atoms with Gasteiger partial charge in [0, 0.05) is 32.4 Å². The maximum absolute atomic E-state index is 10.2. The van der Waals surface area contributed by atoms with Gasteiger partial charge in [-0.1, -0.05) is 6.92 Å². The van der Waals surface area contributed by atoms with Gasteiger partial charge in [0.1, 0.15) is 11.9 Å². The molecule has 0 aliphatic rings. The molecule has 1 atom stereocenters. The summed E-state index contributed by atoms with van der Waals surface area (Å²) < 4.78 is 3.91. The summed E-state index contributed by atoms with van der Waals surface area (Å²) in [7, 11) is 1.93. The summed E-state index contributed by atoms with van der Waals surface area (Å²) in [6.45, 7) is 2.99. The van der Waals surface area contributed by atoms with Crippen molar-refractivity contribution < 1.29 is 5.11 Å². The molecule has 17 heavy (non-hydrogen) atoms. The maximum Gasteiger partial charge on any atom is 0.111 e. The van der Waals surface area contributed by atoms with Crippen molar-refractivity contribution in [3.63, 3.8) is 0 Å². The second kappa shape index (κ2) is 5.14. The van der Waals surface area contributed by atoms with E-state index in [1.165, 1.54) is 0 Å². The lowest BCUT2D eigenvalue weighted by atomic mass is 10.2. The largest absolute Gasteiger partial charge is 0.386 e. The van der Waals surface area contributed by atoms with Crippen LogP contribution in [0.3, 0.4) is 0 Å². The van der Waals surface area contributed by atoms with Gasteiger partial charge in [0.15, 0.2) is 0 Å². The molecule has 0 aromatic carbocycles. The minimum Gasteiger partial charge on any atom is -0.386 e. The lowest BCUT2D eigenvalue weighted by molar-refractivity contribution is 0.165. The van der Waals surface area contributed by atoms with E-state index < -0.39 is 6.10 Å². The Morgan fingerprint density at radius 1 is 1.47 bits per heavy atom. The van der Waals surface area contributed by atoms with Crippen LogP contribution in [0.25, 0.3) is 0 Å². The lowest BCUT2D eigenvalue weighted by Crippen LogP contribution is -2.11. The Balaban J connectivity index is 2.11. The first-order valence-corrected chi connectivity index (χ1v) is 5.86. The van der Waals surface area contributed by atoms with Crippen LogP contribution in [-0.2, 0) is 20.0 Å². The SMILES string of the molecule is CCCn1cncc1C(O)Cc1nccn1C. The van der Waals surface area contributed by atoms with Crippen molar-refractivity contribution in [3.05, 3.63) is 36.4 Å². The van der Waals surface area contributed by atoms with E-state index in [1.54, 1.807) is 18.7 Å². The van der Waals surface area contributed by atoms with Crippen LogP contribution in [-0.4, -0.2) is 24.2 Å². The van der Waals surface area contributed by atoms with E-state index in [9.17, 15) is 5.11 Å². The molecule has 1 unspecified atom stereocenters. The third-order valence-corrected chi connectivity index (χ3v) is 2.85. The predicted molar refractivity (Wildman–Crippen MR) is 64.4 cm³/mol. The monoisotopic (exact) mass is 234 g/mol. The molecular weight excluding hydrogens is 216 g/mol. The van der Waals surface area contributed by atoms with Crippen LogP contribution in [0, 0.1) is 0 Å². The number of hydrogen-bond acceptors (Lipinski definition) is 3. The van der Waals surface area contributed by atoms with Crippen LogP contribution in [0.2, 0.25) is 0 Å². The van der Waals surface area contributed by atoms with Gasteiger partial charge in [-0.05, 0) is 6.42 Å². The van der Waals surface area contributed by atoms with Gasteiger partial charge in [-0.2, -0.15) is 0 Å². The molecule has 0 saturated carbocycles. The number of aliphatic hydroxyl groups is 1. The quantitative estimate of drug-likeness (QED) is 0.848. The number of aryl methyl sites for hydroxylation is 2. The zero-order valence-electron chi connectivity index (χ0n) is 10.2. The average Bonchev–Trinajstić information content (AvgIpc) is 2.89. The highest BCUT2D eigenvalue weighted by Crippen LogP contribution is 2.17. The van der Waals surface area contributed by atoms with Crippen molar-refractivity contribution in [1.29, 1.82) is 0 Å². The molecule has 0 spiro atoms. The second-order valence-corrected chi connectivity index (χ2v) is 4.19. The molecule has 5 heteroatoms. The molecule has 1 N–H and O–H groups in total. The molecule has 0 aliphatic heterocycles. The summed E-state index contributed by atoms with van der Waals surface area (Å²) in [6, 6.07) is 0. The van der Waals surface area contributed by atoms with Gasteiger partial charge in [-0.25, -0.2) is 9.97 Å². The molecule has 5 nitrogen and oxygen atoms in total. The number of imidazole rings is 2. The van der Waals surface area contributed by atoms with Crippen molar-refractivity contribution in [3.8, 4) is 0 Å². The van der Waals surface area contributed by atoms with E-state index in [0.717, 1.165) is 24.5 Å². The van der Waals surface area contributed by atoms with Crippen LogP contribution in [0.5, 0.6) is 0 Å². The van der Waals surface area contributed by atoms with Crippen LogP contribution in [0.15, 0.2) is 24.9 Å². The number of nitrogens with zero attached hydrogens (tertiary/aromatic N) is 4. The van der Waals surface area contributed by atoms with Crippen molar-refractivity contribution >= 4 is 0 Å². The Labute approximate surface area is 101 Å². The zero-order chi connectivity index (χ0) is 12.3. The summed E-state index contributed by atoms with van der Waals surface area (Å²) in [5.41, 5.74) is 0.856. The first-order valence-electron chi connectivity index (χ1n) is 5.86. The minimum atomic E-state index is -0.551. The molecule has 0 aliphatic carbocycles. The molecule has 2 aromatic heterocycles. The molecule has 0 radical (unpaired) electrons. The van der Waals surface area contributed by atoms with Gasteiger partial charge in [0.25, 0.3) is 0 Å². The Morgan fingerprint density at radius 3 is 2.94 bits per heavy atom. The normalized spacial score (nSPS) is 12.9. The van der Waals surface area contributed by atoms with Crippen molar-refractivity contribution in [2.24, 2.45) is 7.05 Å². The topological polar surface area (TPSA) is 55.9 Å². The standard InChI is InChI=1S/C12H18N4O/c1-3-5-16-9-13-8-10(16)11(17)7-12-14-4-6-15(12)2/h4,6,8-9,11,17H,3,5,7H2,1-2H3. The molecule has 92 valence electrons. The lowest BCUT2D eigenvalue weighted by Gasteiger charge is -2.13. The number of aromatic nitrogens is 4. The first kappa shape index (κ1) is 11.9. The van der Waals surface area contributed by atoms with E-state index in [0.29, 0.717) is 6.42 Å². The Hall–Kier alpha value is -1.62.